The summed E-state index contributed by atoms with van der Waals surface area (Å²) in [6, 6.07) is 6.68. The molecular weight excluding hydrogens is 310 g/mol. The van der Waals surface area contributed by atoms with Gasteiger partial charge in [-0.1, -0.05) is 16.4 Å². The topological polar surface area (TPSA) is 101 Å². The van der Waals surface area contributed by atoms with Crippen LogP contribution >= 0.6 is 0 Å². The third-order valence-corrected chi connectivity index (χ3v) is 2.94. The van der Waals surface area contributed by atoms with Crippen LogP contribution in [0, 0.1) is 11.8 Å². The standard InChI is InChI=1S/C14H8F2N4O3/c15-9-6-7(8-2-1-5-17-12(8)16)3-4-10(9)23-13-11(14(21)22)18-20-19-13/h1-6H,(H,21,22)(H,18,19,20). The molecule has 3 rings (SSSR count). The predicted octanol–water partition coefficient (Wildman–Crippen LogP) is 2.64. The number of aromatic nitrogens is 4. The molecule has 0 saturated heterocycles. The number of halogens is 2. The zero-order valence-electron chi connectivity index (χ0n) is 11.3. The van der Waals surface area contributed by atoms with Crippen LogP contribution in [-0.4, -0.2) is 31.5 Å². The minimum absolute atomic E-state index is 0.130. The van der Waals surface area contributed by atoms with Gasteiger partial charge in [0.05, 0.1) is 0 Å². The summed E-state index contributed by atoms with van der Waals surface area (Å²) in [5.41, 5.74) is -0.0172. The fraction of sp³-hybridized carbons (Fsp3) is 0. The molecule has 0 radical (unpaired) electrons. The van der Waals surface area contributed by atoms with E-state index in [-0.39, 0.29) is 22.8 Å². The van der Waals surface area contributed by atoms with Crippen molar-refractivity contribution < 1.29 is 23.4 Å². The first-order valence-corrected chi connectivity index (χ1v) is 6.29. The largest absolute Gasteiger partial charge is 0.476 e. The lowest BCUT2D eigenvalue weighted by atomic mass is 10.1. The molecule has 0 spiro atoms. The van der Waals surface area contributed by atoms with E-state index >= 15 is 0 Å². The van der Waals surface area contributed by atoms with E-state index in [1.807, 2.05) is 0 Å². The van der Waals surface area contributed by atoms with Crippen LogP contribution < -0.4 is 4.74 Å². The Hall–Kier alpha value is -3.36. The fourth-order valence-corrected chi connectivity index (χ4v) is 1.89. The maximum atomic E-state index is 14.1. The van der Waals surface area contributed by atoms with Crippen LogP contribution in [0.25, 0.3) is 11.1 Å². The molecule has 0 fully saturated rings. The summed E-state index contributed by atoms with van der Waals surface area (Å²) in [6.45, 7) is 0. The van der Waals surface area contributed by atoms with E-state index < -0.39 is 23.4 Å². The number of carboxylic acid groups (broad SMARTS) is 1. The van der Waals surface area contributed by atoms with Crippen LogP contribution in [0.1, 0.15) is 10.5 Å². The van der Waals surface area contributed by atoms with Crippen molar-refractivity contribution in [2.24, 2.45) is 0 Å². The summed E-state index contributed by atoms with van der Waals surface area (Å²) in [5, 5.41) is 17.7. The van der Waals surface area contributed by atoms with Gasteiger partial charge in [-0.2, -0.15) is 4.39 Å². The molecule has 0 aliphatic carbocycles. The molecule has 23 heavy (non-hydrogen) atoms. The van der Waals surface area contributed by atoms with Crippen molar-refractivity contribution in [3.63, 3.8) is 0 Å². The molecule has 0 unspecified atom stereocenters. The van der Waals surface area contributed by atoms with Crippen molar-refractivity contribution in [3.05, 3.63) is 54.0 Å². The third-order valence-electron chi connectivity index (χ3n) is 2.94. The monoisotopic (exact) mass is 318 g/mol. The zero-order valence-corrected chi connectivity index (χ0v) is 11.3. The number of ether oxygens (including phenoxy) is 1. The number of pyridine rings is 1. The molecule has 0 aliphatic rings. The molecule has 3 aromatic rings. The molecule has 116 valence electrons. The van der Waals surface area contributed by atoms with Gasteiger partial charge in [-0.3, -0.25) is 0 Å². The first kappa shape index (κ1) is 14.6. The van der Waals surface area contributed by atoms with Gasteiger partial charge >= 0.3 is 5.97 Å². The van der Waals surface area contributed by atoms with Gasteiger partial charge < -0.3 is 9.84 Å². The maximum Gasteiger partial charge on any atom is 0.359 e. The fourth-order valence-electron chi connectivity index (χ4n) is 1.89. The highest BCUT2D eigenvalue weighted by molar-refractivity contribution is 5.87. The lowest BCUT2D eigenvalue weighted by Crippen LogP contribution is -2.00. The van der Waals surface area contributed by atoms with Crippen molar-refractivity contribution >= 4 is 5.97 Å². The van der Waals surface area contributed by atoms with Gasteiger partial charge in [0.2, 0.25) is 11.6 Å². The Morgan fingerprint density at radius 1 is 1.26 bits per heavy atom. The molecule has 2 aromatic heterocycles. The Labute approximate surface area is 127 Å². The van der Waals surface area contributed by atoms with Crippen molar-refractivity contribution in [2.45, 2.75) is 0 Å². The van der Waals surface area contributed by atoms with Gasteiger partial charge in [0.15, 0.2) is 11.6 Å². The zero-order chi connectivity index (χ0) is 16.4. The Morgan fingerprint density at radius 3 is 2.78 bits per heavy atom. The molecule has 2 heterocycles. The van der Waals surface area contributed by atoms with Crippen molar-refractivity contribution in [1.29, 1.82) is 0 Å². The number of aromatic amines is 1. The van der Waals surface area contributed by atoms with Gasteiger partial charge in [-0.15, -0.1) is 0 Å². The van der Waals surface area contributed by atoms with Crippen LogP contribution in [0.15, 0.2) is 36.5 Å². The molecule has 9 heteroatoms. The van der Waals surface area contributed by atoms with Gasteiger partial charge in [0.25, 0.3) is 5.88 Å². The second-order valence-corrected chi connectivity index (χ2v) is 4.39. The number of hydrogen-bond donors (Lipinski definition) is 2. The number of hydrogen-bond acceptors (Lipinski definition) is 5. The lowest BCUT2D eigenvalue weighted by molar-refractivity contribution is 0.0687. The first-order valence-electron chi connectivity index (χ1n) is 6.29. The summed E-state index contributed by atoms with van der Waals surface area (Å²) in [5.74, 6) is -3.54. The predicted molar refractivity (Wildman–Crippen MR) is 73.0 cm³/mol. The maximum absolute atomic E-state index is 14.1. The second kappa shape index (κ2) is 5.79. The van der Waals surface area contributed by atoms with Crippen LogP contribution in [0.4, 0.5) is 8.78 Å². The van der Waals surface area contributed by atoms with Gasteiger partial charge in [0, 0.05) is 11.8 Å². The Morgan fingerprint density at radius 2 is 2.09 bits per heavy atom. The Kier molecular flexibility index (Phi) is 3.67. The normalized spacial score (nSPS) is 10.5. The summed E-state index contributed by atoms with van der Waals surface area (Å²) in [6.07, 6.45) is 1.28. The molecule has 0 atom stereocenters. The SMILES string of the molecule is O=C(O)c1[nH]nnc1Oc1ccc(-c2cccnc2F)cc1F. The average Bonchev–Trinajstić information content (AvgIpc) is 2.98. The Bertz CT molecular complexity index is 882. The Balaban J connectivity index is 1.93. The molecule has 0 amide bonds. The summed E-state index contributed by atoms with van der Waals surface area (Å²) in [4.78, 5) is 14.4. The van der Waals surface area contributed by atoms with Crippen LogP contribution in [-0.2, 0) is 0 Å². The quantitative estimate of drug-likeness (QED) is 0.717. The second-order valence-electron chi connectivity index (χ2n) is 4.39. The van der Waals surface area contributed by atoms with Crippen LogP contribution in [0.3, 0.4) is 0 Å². The molecule has 0 saturated carbocycles. The molecule has 1 aromatic carbocycles. The minimum atomic E-state index is -1.35. The van der Waals surface area contributed by atoms with E-state index in [4.69, 9.17) is 9.84 Å². The van der Waals surface area contributed by atoms with Crippen LogP contribution in [0.5, 0.6) is 11.6 Å². The molecule has 0 bridgehead atoms. The van der Waals surface area contributed by atoms with E-state index in [1.54, 1.807) is 0 Å². The van der Waals surface area contributed by atoms with E-state index in [0.717, 1.165) is 6.07 Å². The van der Waals surface area contributed by atoms with Gasteiger partial charge in [0.1, 0.15) is 0 Å². The lowest BCUT2D eigenvalue weighted by Gasteiger charge is -2.07. The van der Waals surface area contributed by atoms with E-state index in [0.29, 0.717) is 0 Å². The molecule has 7 nitrogen and oxygen atoms in total. The van der Waals surface area contributed by atoms with Gasteiger partial charge in [-0.25, -0.2) is 19.3 Å². The number of aromatic carboxylic acids is 1. The number of carboxylic acids is 1. The first-order chi connectivity index (χ1) is 11.1. The van der Waals surface area contributed by atoms with E-state index in [9.17, 15) is 13.6 Å². The highest BCUT2D eigenvalue weighted by Crippen LogP contribution is 2.29. The average molecular weight is 318 g/mol. The number of carbonyl (C=O) groups is 1. The smallest absolute Gasteiger partial charge is 0.359 e. The van der Waals surface area contributed by atoms with Crippen molar-refractivity contribution in [2.75, 3.05) is 0 Å². The number of H-pyrrole nitrogens is 1. The summed E-state index contributed by atoms with van der Waals surface area (Å²) >= 11 is 0. The molecular formula is C14H8F2N4O3. The van der Waals surface area contributed by atoms with Gasteiger partial charge in [-0.05, 0) is 29.8 Å². The number of benzene rings is 1. The molecule has 2 N–H and O–H groups in total. The van der Waals surface area contributed by atoms with Crippen LogP contribution in [0.2, 0.25) is 0 Å². The number of nitrogens with one attached hydrogen (secondary N) is 1. The molecule has 0 aliphatic heterocycles. The van der Waals surface area contributed by atoms with E-state index in [1.165, 1.54) is 30.5 Å². The van der Waals surface area contributed by atoms with Crippen molar-refractivity contribution in [3.8, 4) is 22.8 Å². The summed E-state index contributed by atoms with van der Waals surface area (Å²) in [7, 11) is 0. The minimum Gasteiger partial charge on any atom is -0.476 e. The third kappa shape index (κ3) is 2.84. The van der Waals surface area contributed by atoms with Crippen molar-refractivity contribution in [1.82, 2.24) is 20.4 Å². The highest BCUT2D eigenvalue weighted by Gasteiger charge is 2.18. The summed E-state index contributed by atoms with van der Waals surface area (Å²) < 4.78 is 32.8. The van der Waals surface area contributed by atoms with E-state index in [2.05, 4.69) is 20.4 Å². The number of rotatable bonds is 4. The number of nitrogens with zero attached hydrogens (tertiary/aromatic N) is 3. The highest BCUT2D eigenvalue weighted by atomic mass is 19.1.